The van der Waals surface area contributed by atoms with E-state index in [0.717, 1.165) is 0 Å². The maximum absolute atomic E-state index is 13.9. The summed E-state index contributed by atoms with van der Waals surface area (Å²) >= 11 is 13.7. The van der Waals surface area contributed by atoms with Crippen LogP contribution in [0.4, 0.5) is 0 Å². The molecule has 0 N–H and O–H groups in total. The van der Waals surface area contributed by atoms with Crippen molar-refractivity contribution in [1.29, 1.82) is 0 Å². The number of hydrogen-bond acceptors (Lipinski definition) is 8. The van der Waals surface area contributed by atoms with Gasteiger partial charge in [0.05, 0.1) is 41.7 Å². The fourth-order valence-corrected chi connectivity index (χ4v) is 5.93. The number of halogens is 2. The Labute approximate surface area is 243 Å². The minimum absolute atomic E-state index is 0.171. The number of aromatic nitrogens is 1. The zero-order valence-electron chi connectivity index (χ0n) is 22.0. The third-order valence-corrected chi connectivity index (χ3v) is 7.89. The van der Waals surface area contributed by atoms with Gasteiger partial charge in [-0.2, -0.15) is 0 Å². The van der Waals surface area contributed by atoms with Gasteiger partial charge in [0.1, 0.15) is 29.1 Å². The molecule has 0 radical (unpaired) electrons. The van der Waals surface area contributed by atoms with Gasteiger partial charge in [0.25, 0.3) is 5.56 Å². The predicted octanol–water partition coefficient (Wildman–Crippen LogP) is 5.38. The predicted molar refractivity (Wildman–Crippen MR) is 154 cm³/mol. The molecule has 1 aliphatic heterocycles. The molecule has 5 rings (SSSR count). The first-order chi connectivity index (χ1) is 19.2. The van der Waals surface area contributed by atoms with E-state index in [1.54, 1.807) is 75.6 Å². The normalized spacial score (nSPS) is 15.1. The lowest BCUT2D eigenvalue weighted by Crippen LogP contribution is -2.40. The van der Waals surface area contributed by atoms with Crippen LogP contribution >= 0.6 is 34.5 Å². The molecule has 0 aliphatic carbocycles. The van der Waals surface area contributed by atoms with Gasteiger partial charge >= 0.3 is 5.97 Å². The maximum atomic E-state index is 13.9. The highest BCUT2D eigenvalue weighted by molar-refractivity contribution is 7.07. The number of nitrogens with zero attached hydrogens (tertiary/aromatic N) is 2. The first-order valence-electron chi connectivity index (χ1n) is 12.2. The average Bonchev–Trinajstić information content (AvgIpc) is 3.53. The lowest BCUT2D eigenvalue weighted by atomic mass is 9.95. The summed E-state index contributed by atoms with van der Waals surface area (Å²) < 4.78 is 24.2. The summed E-state index contributed by atoms with van der Waals surface area (Å²) in [5.74, 6) is 1.41. The van der Waals surface area contributed by atoms with Crippen LogP contribution in [0.15, 0.2) is 74.0 Å². The van der Waals surface area contributed by atoms with Crippen molar-refractivity contribution in [2.75, 3.05) is 20.8 Å². The van der Waals surface area contributed by atoms with Gasteiger partial charge in [-0.1, -0.05) is 34.5 Å². The third-order valence-electron chi connectivity index (χ3n) is 6.35. The molecule has 0 spiro atoms. The van der Waals surface area contributed by atoms with Crippen LogP contribution in [0, 0.1) is 0 Å². The van der Waals surface area contributed by atoms with Gasteiger partial charge in [-0.05, 0) is 56.3 Å². The van der Waals surface area contributed by atoms with Crippen molar-refractivity contribution in [2.24, 2.45) is 4.99 Å². The van der Waals surface area contributed by atoms with E-state index in [-0.39, 0.29) is 17.7 Å². The summed E-state index contributed by atoms with van der Waals surface area (Å²) in [5, 5.41) is 1.01. The van der Waals surface area contributed by atoms with Crippen LogP contribution in [0.25, 0.3) is 17.4 Å². The van der Waals surface area contributed by atoms with Crippen molar-refractivity contribution >= 4 is 46.6 Å². The molecule has 0 saturated heterocycles. The monoisotopic (exact) mass is 598 g/mol. The van der Waals surface area contributed by atoms with E-state index in [0.29, 0.717) is 59.2 Å². The Bertz CT molecular complexity index is 1840. The number of carbonyl (C=O) groups is 1. The number of benzene rings is 2. The molecule has 0 bridgehead atoms. The summed E-state index contributed by atoms with van der Waals surface area (Å²) in [6.45, 7) is 3.62. The van der Waals surface area contributed by atoms with Crippen molar-refractivity contribution in [3.05, 3.63) is 101 Å². The minimum Gasteiger partial charge on any atom is -0.497 e. The number of rotatable bonds is 7. The first-order valence-corrected chi connectivity index (χ1v) is 13.8. The molecule has 11 heteroatoms. The molecule has 0 saturated carbocycles. The number of esters is 1. The number of fused-ring (bicyclic) bond motifs is 1. The minimum atomic E-state index is -0.837. The van der Waals surface area contributed by atoms with Crippen LogP contribution in [0.5, 0.6) is 11.5 Å². The molecule has 0 unspecified atom stereocenters. The van der Waals surface area contributed by atoms with Gasteiger partial charge in [-0.15, -0.1) is 0 Å². The van der Waals surface area contributed by atoms with Crippen LogP contribution in [0.2, 0.25) is 10.0 Å². The molecule has 1 atom stereocenters. The Balaban J connectivity index is 1.68. The zero-order chi connectivity index (χ0) is 28.6. The standard InChI is InChI=1S/C29H24Cl2N2O6S/c1-5-38-28(35)25-15(2)32-29-33(26(25)19-9-7-17(36-3)13-23(19)37-4)27(34)24(40-29)14-18-8-11-22(39-18)20-12-16(30)6-10-21(20)31/h6-14,26H,5H2,1-4H3/b24-14-/t26-/m0/s1. The lowest BCUT2D eigenvalue weighted by Gasteiger charge is -2.26. The highest BCUT2D eigenvalue weighted by atomic mass is 35.5. The average molecular weight is 599 g/mol. The van der Waals surface area contributed by atoms with Crippen LogP contribution in [0.3, 0.4) is 0 Å². The molecule has 3 heterocycles. The first kappa shape index (κ1) is 27.8. The highest BCUT2D eigenvalue weighted by Gasteiger charge is 2.35. The fraction of sp³-hybridized carbons (Fsp3) is 0.207. The van der Waals surface area contributed by atoms with Gasteiger partial charge in [-0.25, -0.2) is 9.79 Å². The lowest BCUT2D eigenvalue weighted by molar-refractivity contribution is -0.139. The molecule has 1 aliphatic rings. The van der Waals surface area contributed by atoms with E-state index in [1.165, 1.54) is 23.0 Å². The second-order valence-corrected chi connectivity index (χ2v) is 10.6. The summed E-state index contributed by atoms with van der Waals surface area (Å²) in [5.41, 5.74) is 1.57. The van der Waals surface area contributed by atoms with Gasteiger partial charge < -0.3 is 18.6 Å². The van der Waals surface area contributed by atoms with Gasteiger partial charge in [0.15, 0.2) is 4.80 Å². The number of furan rings is 1. The molecular weight excluding hydrogens is 575 g/mol. The SMILES string of the molecule is CCOC(=O)C1=C(C)N=c2s/c(=C\c3ccc(-c4cc(Cl)ccc4Cl)o3)c(=O)n2[C@H]1c1ccc(OC)cc1OC. The smallest absolute Gasteiger partial charge is 0.338 e. The van der Waals surface area contributed by atoms with Gasteiger partial charge in [0.2, 0.25) is 0 Å². The second kappa shape index (κ2) is 11.4. The van der Waals surface area contributed by atoms with E-state index >= 15 is 0 Å². The summed E-state index contributed by atoms with van der Waals surface area (Å²) in [6.07, 6.45) is 1.64. The Hall–Kier alpha value is -3.79. The van der Waals surface area contributed by atoms with E-state index in [2.05, 4.69) is 4.99 Å². The van der Waals surface area contributed by atoms with E-state index in [4.69, 9.17) is 41.8 Å². The number of carbonyl (C=O) groups excluding carboxylic acids is 1. The molecule has 0 fully saturated rings. The van der Waals surface area contributed by atoms with Crippen LogP contribution in [-0.4, -0.2) is 31.4 Å². The largest absolute Gasteiger partial charge is 0.497 e. The summed E-state index contributed by atoms with van der Waals surface area (Å²) in [7, 11) is 3.06. The number of allylic oxidation sites excluding steroid dienone is 1. The highest BCUT2D eigenvalue weighted by Crippen LogP contribution is 2.38. The molecule has 2 aromatic heterocycles. The van der Waals surface area contributed by atoms with Gasteiger partial charge in [0, 0.05) is 28.3 Å². The molecule has 2 aromatic carbocycles. The van der Waals surface area contributed by atoms with E-state index in [1.807, 2.05) is 0 Å². The molecule has 206 valence electrons. The van der Waals surface area contributed by atoms with Crippen LogP contribution in [-0.2, 0) is 9.53 Å². The maximum Gasteiger partial charge on any atom is 0.338 e. The Morgan fingerprint density at radius 1 is 1.12 bits per heavy atom. The summed E-state index contributed by atoms with van der Waals surface area (Å²) in [4.78, 5) is 32.1. The Kier molecular flexibility index (Phi) is 7.89. The molecule has 0 amide bonds. The van der Waals surface area contributed by atoms with Crippen LogP contribution < -0.4 is 24.4 Å². The van der Waals surface area contributed by atoms with Crippen molar-refractivity contribution in [3.8, 4) is 22.8 Å². The Morgan fingerprint density at radius 3 is 2.65 bits per heavy atom. The topological polar surface area (TPSA) is 92.3 Å². The number of thiazole rings is 1. The number of ether oxygens (including phenoxy) is 3. The molecule has 8 nitrogen and oxygen atoms in total. The third kappa shape index (κ3) is 5.08. The zero-order valence-corrected chi connectivity index (χ0v) is 24.3. The molecular formula is C29H24Cl2N2O6S. The summed E-state index contributed by atoms with van der Waals surface area (Å²) in [6, 6.07) is 13.0. The molecule has 40 heavy (non-hydrogen) atoms. The van der Waals surface area contributed by atoms with Crippen molar-refractivity contribution in [3.63, 3.8) is 0 Å². The molecule has 4 aromatic rings. The van der Waals surface area contributed by atoms with Gasteiger partial charge in [-0.3, -0.25) is 9.36 Å². The second-order valence-electron chi connectivity index (χ2n) is 8.74. The van der Waals surface area contributed by atoms with Crippen LogP contribution in [0.1, 0.15) is 31.2 Å². The van der Waals surface area contributed by atoms with Crippen molar-refractivity contribution in [1.82, 2.24) is 4.57 Å². The van der Waals surface area contributed by atoms with E-state index in [9.17, 15) is 9.59 Å². The quantitative estimate of drug-likeness (QED) is 0.265. The number of methoxy groups -OCH3 is 2. The Morgan fingerprint density at radius 2 is 1.93 bits per heavy atom. The fourth-order valence-electron chi connectivity index (χ4n) is 4.52. The van der Waals surface area contributed by atoms with E-state index < -0.39 is 12.0 Å². The van der Waals surface area contributed by atoms with Crippen molar-refractivity contribution in [2.45, 2.75) is 19.9 Å². The van der Waals surface area contributed by atoms with Crippen molar-refractivity contribution < 1.29 is 23.4 Å². The number of hydrogen-bond donors (Lipinski definition) is 0.